The molecule has 0 saturated carbocycles. The van der Waals surface area contributed by atoms with E-state index >= 15 is 0 Å². The highest BCUT2D eigenvalue weighted by molar-refractivity contribution is 5.87. The Balaban J connectivity index is 2.76. The molecule has 1 aliphatic carbocycles. The molecule has 138 valence electrons. The topological polar surface area (TPSA) is 37.3 Å². The smallest absolute Gasteiger partial charge is 0.143 e. The molecule has 0 radical (unpaired) electrons. The normalized spacial score (nSPS) is 22.5. The average Bonchev–Trinajstić information content (AvgIpc) is 2.58. The average molecular weight is 335 g/mol. The number of aliphatic hydroxyl groups is 1. The molecule has 1 aliphatic rings. The molecule has 24 heavy (non-hydrogen) atoms. The number of allylic oxidation sites excluding steroid dienone is 4. The van der Waals surface area contributed by atoms with Crippen LogP contribution in [0.15, 0.2) is 24.3 Å². The van der Waals surface area contributed by atoms with Gasteiger partial charge in [0.1, 0.15) is 5.78 Å². The molecule has 0 fully saturated rings. The third-order valence-electron chi connectivity index (χ3n) is 5.42. The number of rotatable bonds is 13. The Hall–Kier alpha value is -0.890. The van der Waals surface area contributed by atoms with Crippen LogP contribution >= 0.6 is 0 Å². The second-order valence-electron chi connectivity index (χ2n) is 7.53. The van der Waals surface area contributed by atoms with Crippen LogP contribution in [0.3, 0.4) is 0 Å². The van der Waals surface area contributed by atoms with Crippen molar-refractivity contribution in [2.24, 2.45) is 11.3 Å². The van der Waals surface area contributed by atoms with Gasteiger partial charge in [0, 0.05) is 6.42 Å². The molecule has 1 rings (SSSR count). The Kier molecular flexibility index (Phi) is 10.2. The van der Waals surface area contributed by atoms with Gasteiger partial charge in [0.15, 0.2) is 0 Å². The molecule has 1 N–H and O–H groups in total. The van der Waals surface area contributed by atoms with Gasteiger partial charge < -0.3 is 5.11 Å². The summed E-state index contributed by atoms with van der Waals surface area (Å²) >= 11 is 0. The Bertz CT molecular complexity index is 408. The molecule has 0 aromatic rings. The van der Waals surface area contributed by atoms with Crippen molar-refractivity contribution in [1.82, 2.24) is 0 Å². The van der Waals surface area contributed by atoms with Crippen LogP contribution in [0.25, 0.3) is 0 Å². The Morgan fingerprint density at radius 2 is 1.79 bits per heavy atom. The van der Waals surface area contributed by atoms with E-state index in [-0.39, 0.29) is 11.5 Å². The number of carbonyl (C=O) groups is 1. The van der Waals surface area contributed by atoms with Gasteiger partial charge in [-0.3, -0.25) is 4.79 Å². The van der Waals surface area contributed by atoms with E-state index in [1.165, 1.54) is 25.7 Å². The van der Waals surface area contributed by atoms with Crippen molar-refractivity contribution in [3.8, 4) is 0 Å². The van der Waals surface area contributed by atoms with Gasteiger partial charge in [-0.1, -0.05) is 70.3 Å². The monoisotopic (exact) mass is 334 g/mol. The van der Waals surface area contributed by atoms with Gasteiger partial charge in [0.25, 0.3) is 0 Å². The van der Waals surface area contributed by atoms with Crippen LogP contribution < -0.4 is 0 Å². The molecule has 0 amide bonds. The first-order valence-electron chi connectivity index (χ1n) is 10.1. The number of Topliss-reactive ketones (excluding diaryl/α,β-unsaturated/α-hetero) is 1. The molecular formula is C22H38O2. The fraction of sp³-hybridized carbons (Fsp3) is 0.773. The first-order chi connectivity index (χ1) is 11.6. The molecule has 0 aliphatic heterocycles. The Morgan fingerprint density at radius 1 is 1.04 bits per heavy atom. The van der Waals surface area contributed by atoms with E-state index in [0.717, 1.165) is 38.5 Å². The van der Waals surface area contributed by atoms with Gasteiger partial charge in [0.2, 0.25) is 0 Å². The maximum Gasteiger partial charge on any atom is 0.143 e. The lowest BCUT2D eigenvalue weighted by Gasteiger charge is -2.38. The maximum absolute atomic E-state index is 13.2. The van der Waals surface area contributed by atoms with Crippen LogP contribution in [0.1, 0.15) is 91.4 Å². The number of aliphatic hydroxyl groups excluding tert-OH is 1. The minimum atomic E-state index is -0.329. The molecule has 0 heterocycles. The van der Waals surface area contributed by atoms with Crippen LogP contribution in [-0.2, 0) is 4.79 Å². The van der Waals surface area contributed by atoms with E-state index in [9.17, 15) is 9.90 Å². The minimum Gasteiger partial charge on any atom is -0.393 e. The van der Waals surface area contributed by atoms with Crippen molar-refractivity contribution >= 4 is 5.78 Å². The van der Waals surface area contributed by atoms with Crippen molar-refractivity contribution in [2.45, 2.75) is 97.5 Å². The summed E-state index contributed by atoms with van der Waals surface area (Å²) in [5.41, 5.74) is -0.329. The number of ketones is 1. The van der Waals surface area contributed by atoms with Crippen LogP contribution in [0.4, 0.5) is 0 Å². The fourth-order valence-corrected chi connectivity index (χ4v) is 3.95. The molecule has 0 aromatic heterocycles. The summed E-state index contributed by atoms with van der Waals surface area (Å²) in [4.78, 5) is 13.2. The zero-order chi connectivity index (χ0) is 17.8. The summed E-state index contributed by atoms with van der Waals surface area (Å²) in [5.74, 6) is 0.769. The largest absolute Gasteiger partial charge is 0.393 e. The predicted octanol–water partition coefficient (Wildman–Crippen LogP) is 6.00. The van der Waals surface area contributed by atoms with Gasteiger partial charge in [-0.15, -0.1) is 0 Å². The number of hydrogen-bond acceptors (Lipinski definition) is 2. The zero-order valence-corrected chi connectivity index (χ0v) is 16.1. The van der Waals surface area contributed by atoms with E-state index in [2.05, 4.69) is 38.2 Å². The first-order valence-corrected chi connectivity index (χ1v) is 10.1. The summed E-state index contributed by atoms with van der Waals surface area (Å²) in [7, 11) is 0. The second-order valence-corrected chi connectivity index (χ2v) is 7.53. The third-order valence-corrected chi connectivity index (χ3v) is 5.42. The van der Waals surface area contributed by atoms with Crippen molar-refractivity contribution in [1.29, 1.82) is 0 Å². The van der Waals surface area contributed by atoms with E-state index in [1.807, 2.05) is 6.92 Å². The summed E-state index contributed by atoms with van der Waals surface area (Å²) in [6.07, 6.45) is 19.5. The Labute approximate surface area is 149 Å². The fourth-order valence-electron chi connectivity index (χ4n) is 3.95. The lowest BCUT2D eigenvalue weighted by atomic mass is 9.64. The van der Waals surface area contributed by atoms with E-state index in [1.54, 1.807) is 0 Å². The summed E-state index contributed by atoms with van der Waals surface area (Å²) < 4.78 is 0. The predicted molar refractivity (Wildman–Crippen MR) is 103 cm³/mol. The van der Waals surface area contributed by atoms with Gasteiger partial charge in [-0.05, 0) is 44.9 Å². The molecule has 0 spiro atoms. The highest BCUT2D eigenvalue weighted by Crippen LogP contribution is 2.43. The van der Waals surface area contributed by atoms with E-state index < -0.39 is 0 Å². The molecule has 2 nitrogen and oxygen atoms in total. The highest BCUT2D eigenvalue weighted by Gasteiger charge is 2.41. The van der Waals surface area contributed by atoms with Crippen LogP contribution in [0.5, 0.6) is 0 Å². The van der Waals surface area contributed by atoms with Crippen molar-refractivity contribution < 1.29 is 9.90 Å². The third kappa shape index (κ3) is 6.55. The molecule has 2 heteroatoms. The van der Waals surface area contributed by atoms with Crippen LogP contribution in [0, 0.1) is 11.3 Å². The van der Waals surface area contributed by atoms with Gasteiger partial charge >= 0.3 is 0 Å². The molecule has 0 saturated heterocycles. The second kappa shape index (κ2) is 11.6. The molecule has 3 unspecified atom stereocenters. The lowest BCUT2D eigenvalue weighted by Crippen LogP contribution is -2.38. The number of carbonyl (C=O) groups excluding carboxylic acids is 1. The lowest BCUT2D eigenvalue weighted by molar-refractivity contribution is -0.129. The van der Waals surface area contributed by atoms with Crippen LogP contribution in [0.2, 0.25) is 0 Å². The van der Waals surface area contributed by atoms with E-state index in [4.69, 9.17) is 0 Å². The summed E-state index contributed by atoms with van der Waals surface area (Å²) in [6, 6.07) is 0. The van der Waals surface area contributed by atoms with Gasteiger partial charge in [0.05, 0.1) is 11.5 Å². The molecule has 0 aromatic carbocycles. The molecule has 3 atom stereocenters. The van der Waals surface area contributed by atoms with E-state index in [0.29, 0.717) is 18.1 Å². The van der Waals surface area contributed by atoms with Gasteiger partial charge in [-0.2, -0.15) is 0 Å². The molecular weight excluding hydrogens is 296 g/mol. The van der Waals surface area contributed by atoms with Crippen molar-refractivity contribution in [2.75, 3.05) is 0 Å². The molecule has 0 bridgehead atoms. The van der Waals surface area contributed by atoms with Crippen LogP contribution in [-0.4, -0.2) is 17.0 Å². The summed E-state index contributed by atoms with van der Waals surface area (Å²) in [6.45, 7) is 6.26. The highest BCUT2D eigenvalue weighted by atomic mass is 16.3. The minimum absolute atomic E-state index is 0.284. The number of unbranched alkanes of at least 4 members (excludes halogenated alkanes) is 4. The zero-order valence-electron chi connectivity index (χ0n) is 16.1. The Morgan fingerprint density at radius 3 is 2.38 bits per heavy atom. The number of hydrogen-bond donors (Lipinski definition) is 1. The quantitative estimate of drug-likeness (QED) is 0.420. The first kappa shape index (κ1) is 21.2. The van der Waals surface area contributed by atoms with Gasteiger partial charge in [-0.25, -0.2) is 0 Å². The summed E-state index contributed by atoms with van der Waals surface area (Å²) in [5, 5.41) is 9.70. The standard InChI is InChI=1S/C22H38O2/c1-4-6-7-8-10-14-21(24)22(17-11-9-12-18-22)20(13-5-2)16-15-19(3)23/h9,11-12,17,19-20,23H,4-8,10,13-16,18H2,1-3H3. The maximum atomic E-state index is 13.2. The van der Waals surface area contributed by atoms with Crippen molar-refractivity contribution in [3.05, 3.63) is 24.3 Å². The van der Waals surface area contributed by atoms with Crippen molar-refractivity contribution in [3.63, 3.8) is 0 Å². The SMILES string of the molecule is CCCCCCCC(=O)C1(C(CCC)CCC(C)O)C=CC=CC1.